The maximum absolute atomic E-state index is 12.9. The second-order valence-corrected chi connectivity index (χ2v) is 7.43. The van der Waals surface area contributed by atoms with E-state index >= 15 is 0 Å². The third-order valence-electron chi connectivity index (χ3n) is 5.72. The van der Waals surface area contributed by atoms with E-state index in [2.05, 4.69) is 23.1 Å². The predicted octanol–water partition coefficient (Wildman–Crippen LogP) is 4.39. The van der Waals surface area contributed by atoms with Gasteiger partial charge in [0, 0.05) is 18.0 Å². The molecule has 6 heteroatoms. The lowest BCUT2D eigenvalue weighted by Gasteiger charge is -2.25. The number of hydrogen-bond acceptors (Lipinski definition) is 4. The van der Waals surface area contributed by atoms with Crippen LogP contribution in [-0.4, -0.2) is 32.6 Å². The highest BCUT2D eigenvalue weighted by atomic mass is 16.3. The summed E-state index contributed by atoms with van der Waals surface area (Å²) in [5.74, 6) is 0.0544. The zero-order valence-corrected chi connectivity index (χ0v) is 17.1. The van der Waals surface area contributed by atoms with E-state index in [0.717, 1.165) is 33.3 Å². The van der Waals surface area contributed by atoms with Gasteiger partial charge >= 0.3 is 0 Å². The average molecular weight is 388 g/mol. The number of carbonyl (C=O) groups excluding carboxylic acids is 1. The number of amides is 1. The lowest BCUT2D eigenvalue weighted by atomic mass is 10.0. The fourth-order valence-electron chi connectivity index (χ4n) is 3.50. The number of aromatic nitrogens is 3. The largest absolute Gasteiger partial charge is 0.464 e. The van der Waals surface area contributed by atoms with Crippen molar-refractivity contribution in [2.24, 2.45) is 0 Å². The number of carbonyl (C=O) groups is 1. The molecule has 1 amide bonds. The van der Waals surface area contributed by atoms with E-state index in [1.807, 2.05) is 51.2 Å². The van der Waals surface area contributed by atoms with Crippen molar-refractivity contribution in [1.29, 1.82) is 0 Å². The number of benzene rings is 2. The van der Waals surface area contributed by atoms with Gasteiger partial charge in [0.15, 0.2) is 0 Å². The van der Waals surface area contributed by atoms with E-state index in [-0.39, 0.29) is 11.9 Å². The first kappa shape index (κ1) is 18.9. The van der Waals surface area contributed by atoms with Gasteiger partial charge in [-0.2, -0.15) is 5.10 Å². The summed E-state index contributed by atoms with van der Waals surface area (Å²) in [6.07, 6.45) is 5.19. The molecule has 1 atom stereocenters. The molecule has 0 aliphatic heterocycles. The molecule has 4 rings (SSSR count). The van der Waals surface area contributed by atoms with E-state index in [9.17, 15) is 4.79 Å². The number of rotatable bonds is 5. The summed E-state index contributed by atoms with van der Waals surface area (Å²) >= 11 is 0. The van der Waals surface area contributed by atoms with Gasteiger partial charge in [0.1, 0.15) is 18.2 Å². The Morgan fingerprint density at radius 3 is 2.62 bits per heavy atom. The summed E-state index contributed by atoms with van der Waals surface area (Å²) in [4.78, 5) is 18.7. The molecule has 0 saturated heterocycles. The van der Waals surface area contributed by atoms with Crippen LogP contribution in [0.4, 0.5) is 0 Å². The zero-order chi connectivity index (χ0) is 20.5. The van der Waals surface area contributed by atoms with Gasteiger partial charge in [-0.1, -0.05) is 24.3 Å². The SMILES string of the molecule is Cc1ccc2c(CC(=O)N(C)C(C)c3ccc(-n4cncn4)cc3)coc2c1C. The first-order valence-electron chi connectivity index (χ1n) is 9.62. The molecule has 0 aliphatic rings. The van der Waals surface area contributed by atoms with Crippen LogP contribution in [0.2, 0.25) is 0 Å². The quantitative estimate of drug-likeness (QED) is 0.509. The number of furan rings is 1. The molecule has 29 heavy (non-hydrogen) atoms. The van der Waals surface area contributed by atoms with E-state index < -0.39 is 0 Å². The number of nitrogens with zero attached hydrogens (tertiary/aromatic N) is 4. The highest BCUT2D eigenvalue weighted by Crippen LogP contribution is 2.28. The van der Waals surface area contributed by atoms with Crippen molar-refractivity contribution in [3.05, 3.63) is 77.6 Å². The molecule has 0 N–H and O–H groups in total. The monoisotopic (exact) mass is 388 g/mol. The Labute approximate surface area is 169 Å². The number of fused-ring (bicyclic) bond motifs is 1. The van der Waals surface area contributed by atoms with Crippen molar-refractivity contribution in [3.63, 3.8) is 0 Å². The molecule has 0 bridgehead atoms. The van der Waals surface area contributed by atoms with Gasteiger partial charge in [-0.15, -0.1) is 0 Å². The van der Waals surface area contributed by atoms with Crippen LogP contribution in [0.25, 0.3) is 16.7 Å². The number of likely N-dealkylation sites (N-methyl/N-ethyl adjacent to an activating group) is 1. The van der Waals surface area contributed by atoms with E-state index in [4.69, 9.17) is 4.42 Å². The molecule has 0 aliphatic carbocycles. The van der Waals surface area contributed by atoms with Gasteiger partial charge in [0.2, 0.25) is 5.91 Å². The van der Waals surface area contributed by atoms with Crippen LogP contribution in [0.1, 0.15) is 35.2 Å². The van der Waals surface area contributed by atoms with Crippen LogP contribution in [0.5, 0.6) is 0 Å². The van der Waals surface area contributed by atoms with Gasteiger partial charge in [0.05, 0.1) is 24.4 Å². The maximum Gasteiger partial charge on any atom is 0.227 e. The summed E-state index contributed by atoms with van der Waals surface area (Å²) in [5.41, 5.74) is 6.09. The number of hydrogen-bond donors (Lipinski definition) is 0. The Morgan fingerprint density at radius 2 is 1.93 bits per heavy atom. The van der Waals surface area contributed by atoms with E-state index in [1.54, 1.807) is 22.2 Å². The summed E-state index contributed by atoms with van der Waals surface area (Å²) in [5, 5.41) is 5.15. The zero-order valence-electron chi connectivity index (χ0n) is 17.1. The summed E-state index contributed by atoms with van der Waals surface area (Å²) in [6.45, 7) is 6.14. The van der Waals surface area contributed by atoms with Crippen LogP contribution < -0.4 is 0 Å². The fourth-order valence-corrected chi connectivity index (χ4v) is 3.50. The van der Waals surface area contributed by atoms with Gasteiger partial charge in [-0.3, -0.25) is 4.79 Å². The molecule has 2 heterocycles. The summed E-state index contributed by atoms with van der Waals surface area (Å²) in [6, 6.07) is 12.1. The van der Waals surface area contributed by atoms with Crippen molar-refractivity contribution in [1.82, 2.24) is 19.7 Å². The maximum atomic E-state index is 12.9. The third kappa shape index (κ3) is 3.53. The van der Waals surface area contributed by atoms with Crippen LogP contribution in [0.3, 0.4) is 0 Å². The summed E-state index contributed by atoms with van der Waals surface area (Å²) in [7, 11) is 1.84. The van der Waals surface area contributed by atoms with Crippen LogP contribution >= 0.6 is 0 Å². The Hall–Kier alpha value is -3.41. The van der Waals surface area contributed by atoms with Gasteiger partial charge in [0.25, 0.3) is 0 Å². The van der Waals surface area contributed by atoms with Crippen LogP contribution in [0.15, 0.2) is 59.7 Å². The summed E-state index contributed by atoms with van der Waals surface area (Å²) < 4.78 is 7.46. The molecular formula is C23H24N4O2. The highest BCUT2D eigenvalue weighted by Gasteiger charge is 2.20. The second kappa shape index (κ2) is 7.54. The minimum atomic E-state index is -0.0468. The molecular weight excluding hydrogens is 364 g/mol. The smallest absolute Gasteiger partial charge is 0.227 e. The molecule has 4 aromatic rings. The van der Waals surface area contributed by atoms with Crippen molar-refractivity contribution in [3.8, 4) is 5.69 Å². The first-order chi connectivity index (χ1) is 14.0. The average Bonchev–Trinajstić information content (AvgIpc) is 3.40. The lowest BCUT2D eigenvalue weighted by molar-refractivity contribution is -0.131. The molecule has 0 spiro atoms. The topological polar surface area (TPSA) is 64.2 Å². The van der Waals surface area contributed by atoms with Crippen molar-refractivity contribution < 1.29 is 9.21 Å². The van der Waals surface area contributed by atoms with Crippen LogP contribution in [0, 0.1) is 13.8 Å². The van der Waals surface area contributed by atoms with Crippen molar-refractivity contribution >= 4 is 16.9 Å². The Kier molecular flexibility index (Phi) is 4.92. The lowest BCUT2D eigenvalue weighted by Crippen LogP contribution is -2.30. The Bertz CT molecular complexity index is 1140. The van der Waals surface area contributed by atoms with Crippen molar-refractivity contribution in [2.45, 2.75) is 33.2 Å². The minimum Gasteiger partial charge on any atom is -0.464 e. The molecule has 2 aromatic carbocycles. The third-order valence-corrected chi connectivity index (χ3v) is 5.72. The molecule has 6 nitrogen and oxygen atoms in total. The Balaban J connectivity index is 1.50. The fraction of sp³-hybridized carbons (Fsp3) is 0.261. The minimum absolute atomic E-state index is 0.0468. The second-order valence-electron chi connectivity index (χ2n) is 7.43. The molecule has 0 fully saturated rings. The van der Waals surface area contributed by atoms with E-state index in [1.165, 1.54) is 11.9 Å². The molecule has 0 radical (unpaired) electrons. The van der Waals surface area contributed by atoms with Crippen LogP contribution in [-0.2, 0) is 11.2 Å². The van der Waals surface area contributed by atoms with E-state index in [0.29, 0.717) is 6.42 Å². The molecule has 2 aromatic heterocycles. The van der Waals surface area contributed by atoms with Gasteiger partial charge in [-0.25, -0.2) is 9.67 Å². The highest BCUT2D eigenvalue weighted by molar-refractivity contribution is 5.89. The van der Waals surface area contributed by atoms with Crippen molar-refractivity contribution in [2.75, 3.05) is 7.05 Å². The molecule has 0 saturated carbocycles. The van der Waals surface area contributed by atoms with Gasteiger partial charge in [-0.05, 0) is 49.6 Å². The standard InChI is InChI=1S/C23H24N4O2/c1-15-5-10-21-19(12-29-23(21)16(15)2)11-22(28)26(4)17(3)18-6-8-20(9-7-18)27-14-24-13-25-27/h5-10,12-14,17H,11H2,1-4H3. The van der Waals surface area contributed by atoms with Gasteiger partial charge < -0.3 is 9.32 Å². The molecule has 1 unspecified atom stereocenters. The Morgan fingerprint density at radius 1 is 1.17 bits per heavy atom. The predicted molar refractivity (Wildman–Crippen MR) is 112 cm³/mol. The first-order valence-corrected chi connectivity index (χ1v) is 9.62. The number of aryl methyl sites for hydroxylation is 2. The normalized spacial score (nSPS) is 12.3. The molecule has 148 valence electrons.